The van der Waals surface area contributed by atoms with Gasteiger partial charge in [0.05, 0.1) is 19.3 Å². The highest BCUT2D eigenvalue weighted by atomic mass is 16.5. The molecule has 5 nitrogen and oxygen atoms in total. The number of carbonyl (C=O) groups excluding carboxylic acids is 1. The van der Waals surface area contributed by atoms with Crippen molar-refractivity contribution in [1.29, 1.82) is 0 Å². The van der Waals surface area contributed by atoms with Crippen LogP contribution in [0, 0.1) is 0 Å². The zero-order chi connectivity index (χ0) is 24.5. The van der Waals surface area contributed by atoms with Gasteiger partial charge in [0.25, 0.3) is 0 Å². The number of aliphatic hydroxyl groups is 1. The number of benzene rings is 4. The maximum Gasteiger partial charge on any atom is 0.338 e. The molecule has 4 aromatic carbocycles. The molecule has 0 bridgehead atoms. The highest BCUT2D eigenvalue weighted by Crippen LogP contribution is 2.30. The van der Waals surface area contributed by atoms with Crippen molar-refractivity contribution in [2.24, 2.45) is 0 Å². The van der Waals surface area contributed by atoms with Gasteiger partial charge in [0.1, 0.15) is 24.2 Å². The second-order valence-electron chi connectivity index (χ2n) is 8.07. The van der Waals surface area contributed by atoms with Crippen LogP contribution in [0.4, 0.5) is 0 Å². The van der Waals surface area contributed by atoms with Crippen LogP contribution in [0.5, 0.6) is 11.5 Å². The molecule has 0 spiro atoms. The standard InChI is InChI=1S/C30H28O5/c1-33-27-14-8-13-24(20-27)29(31)25-15-16-28(34-18-17-22-9-4-2-5-10-22)26(19-25)21-35-30(32)23-11-6-3-7-12-23/h2-16,19-20,29,31H,17-18,21H2,1H3. The molecule has 0 aliphatic rings. The molecule has 0 saturated heterocycles. The smallest absolute Gasteiger partial charge is 0.338 e. The zero-order valence-corrected chi connectivity index (χ0v) is 19.6. The van der Waals surface area contributed by atoms with Crippen molar-refractivity contribution in [1.82, 2.24) is 0 Å². The summed E-state index contributed by atoms with van der Waals surface area (Å²) >= 11 is 0. The number of ether oxygens (including phenoxy) is 3. The SMILES string of the molecule is COc1cccc(C(O)c2ccc(OCCc3ccccc3)c(COC(=O)c3ccccc3)c2)c1. The lowest BCUT2D eigenvalue weighted by Crippen LogP contribution is -2.09. The molecule has 1 unspecified atom stereocenters. The molecule has 0 aromatic heterocycles. The van der Waals surface area contributed by atoms with E-state index in [-0.39, 0.29) is 6.61 Å². The van der Waals surface area contributed by atoms with E-state index in [0.717, 1.165) is 6.42 Å². The number of esters is 1. The van der Waals surface area contributed by atoms with E-state index in [9.17, 15) is 9.90 Å². The van der Waals surface area contributed by atoms with Crippen molar-refractivity contribution in [2.75, 3.05) is 13.7 Å². The molecule has 0 aliphatic carbocycles. The van der Waals surface area contributed by atoms with Crippen molar-refractivity contribution >= 4 is 5.97 Å². The lowest BCUT2D eigenvalue weighted by molar-refractivity contribution is 0.0469. The molecule has 1 N–H and O–H groups in total. The monoisotopic (exact) mass is 468 g/mol. The molecule has 1 atom stereocenters. The van der Waals surface area contributed by atoms with Crippen molar-refractivity contribution in [3.8, 4) is 11.5 Å². The fraction of sp³-hybridized carbons (Fsp3) is 0.167. The molecule has 4 rings (SSSR count). The van der Waals surface area contributed by atoms with Crippen LogP contribution >= 0.6 is 0 Å². The average Bonchev–Trinajstić information content (AvgIpc) is 2.93. The van der Waals surface area contributed by atoms with E-state index in [1.165, 1.54) is 5.56 Å². The number of aliphatic hydroxyl groups excluding tert-OH is 1. The first-order valence-corrected chi connectivity index (χ1v) is 11.5. The van der Waals surface area contributed by atoms with Gasteiger partial charge in [0.15, 0.2) is 0 Å². The van der Waals surface area contributed by atoms with Gasteiger partial charge in [-0.1, -0.05) is 66.7 Å². The molecule has 178 valence electrons. The summed E-state index contributed by atoms with van der Waals surface area (Å²) in [5.74, 6) is 0.863. The van der Waals surface area contributed by atoms with Crippen molar-refractivity contribution in [3.63, 3.8) is 0 Å². The third kappa shape index (κ3) is 6.49. The second kappa shape index (κ2) is 11.9. The Hall–Kier alpha value is -4.09. The molecule has 0 fully saturated rings. The van der Waals surface area contributed by atoms with Crippen LogP contribution in [0.25, 0.3) is 0 Å². The third-order valence-electron chi connectivity index (χ3n) is 5.67. The van der Waals surface area contributed by atoms with Gasteiger partial charge in [-0.3, -0.25) is 0 Å². The second-order valence-corrected chi connectivity index (χ2v) is 8.07. The third-order valence-corrected chi connectivity index (χ3v) is 5.67. The Labute approximate surface area is 205 Å². The maximum atomic E-state index is 12.5. The molecule has 0 radical (unpaired) electrons. The quantitative estimate of drug-likeness (QED) is 0.300. The number of rotatable bonds is 10. The van der Waals surface area contributed by atoms with E-state index in [2.05, 4.69) is 12.1 Å². The summed E-state index contributed by atoms with van der Waals surface area (Å²) in [5, 5.41) is 11.0. The largest absolute Gasteiger partial charge is 0.497 e. The molecular formula is C30H28O5. The molecule has 4 aromatic rings. The number of hydrogen-bond acceptors (Lipinski definition) is 5. The Bertz CT molecular complexity index is 1240. The van der Waals surface area contributed by atoms with Crippen LogP contribution in [0.1, 0.15) is 38.7 Å². The summed E-state index contributed by atoms with van der Waals surface area (Å²) in [6, 6.07) is 31.7. The Morgan fingerprint density at radius 1 is 0.829 bits per heavy atom. The van der Waals surface area contributed by atoms with Gasteiger partial charge in [-0.2, -0.15) is 0 Å². The predicted octanol–water partition coefficient (Wildman–Crippen LogP) is 5.76. The van der Waals surface area contributed by atoms with Crippen LogP contribution in [-0.4, -0.2) is 24.8 Å². The topological polar surface area (TPSA) is 65.0 Å². The van der Waals surface area contributed by atoms with Crippen LogP contribution in [0.2, 0.25) is 0 Å². The number of hydrogen-bond donors (Lipinski definition) is 1. The minimum atomic E-state index is -0.868. The van der Waals surface area contributed by atoms with Gasteiger partial charge in [-0.15, -0.1) is 0 Å². The van der Waals surface area contributed by atoms with Gasteiger partial charge in [-0.05, 0) is 53.1 Å². The Morgan fingerprint density at radius 3 is 2.29 bits per heavy atom. The van der Waals surface area contributed by atoms with E-state index in [0.29, 0.717) is 40.4 Å². The van der Waals surface area contributed by atoms with E-state index in [1.807, 2.05) is 60.7 Å². The maximum absolute atomic E-state index is 12.5. The predicted molar refractivity (Wildman–Crippen MR) is 135 cm³/mol. The highest BCUT2D eigenvalue weighted by molar-refractivity contribution is 5.89. The summed E-state index contributed by atoms with van der Waals surface area (Å²) < 4.78 is 16.9. The summed E-state index contributed by atoms with van der Waals surface area (Å²) in [7, 11) is 1.59. The Kier molecular flexibility index (Phi) is 8.15. The molecule has 0 heterocycles. The molecule has 5 heteroatoms. The molecule has 0 amide bonds. The summed E-state index contributed by atoms with van der Waals surface area (Å²) in [5.41, 5.74) is 3.71. The molecule has 35 heavy (non-hydrogen) atoms. The van der Waals surface area contributed by atoms with Crippen LogP contribution < -0.4 is 9.47 Å². The summed E-state index contributed by atoms with van der Waals surface area (Å²) in [6.07, 6.45) is -0.120. The fourth-order valence-electron chi connectivity index (χ4n) is 3.75. The first-order valence-electron chi connectivity index (χ1n) is 11.5. The van der Waals surface area contributed by atoms with E-state index in [1.54, 1.807) is 37.4 Å². The van der Waals surface area contributed by atoms with Gasteiger partial charge in [0, 0.05) is 12.0 Å². The summed E-state index contributed by atoms with van der Waals surface area (Å²) in [6.45, 7) is 0.495. The zero-order valence-electron chi connectivity index (χ0n) is 19.6. The van der Waals surface area contributed by atoms with Gasteiger partial charge < -0.3 is 19.3 Å². The van der Waals surface area contributed by atoms with Gasteiger partial charge in [0.2, 0.25) is 0 Å². The minimum absolute atomic E-state index is 0.0209. The lowest BCUT2D eigenvalue weighted by atomic mass is 9.99. The van der Waals surface area contributed by atoms with Crippen LogP contribution in [-0.2, 0) is 17.8 Å². The minimum Gasteiger partial charge on any atom is -0.497 e. The van der Waals surface area contributed by atoms with Gasteiger partial charge in [-0.25, -0.2) is 4.79 Å². The van der Waals surface area contributed by atoms with Crippen molar-refractivity contribution in [2.45, 2.75) is 19.1 Å². The number of carbonyl (C=O) groups is 1. The lowest BCUT2D eigenvalue weighted by Gasteiger charge is -2.17. The fourth-order valence-corrected chi connectivity index (χ4v) is 3.75. The molecular weight excluding hydrogens is 440 g/mol. The first kappa shape index (κ1) is 24.0. The first-order chi connectivity index (χ1) is 17.1. The van der Waals surface area contributed by atoms with Gasteiger partial charge >= 0.3 is 5.97 Å². The average molecular weight is 469 g/mol. The van der Waals surface area contributed by atoms with Crippen molar-refractivity contribution in [3.05, 3.63) is 131 Å². The molecule has 0 aliphatic heterocycles. The van der Waals surface area contributed by atoms with Crippen molar-refractivity contribution < 1.29 is 24.1 Å². The van der Waals surface area contributed by atoms with Crippen LogP contribution in [0.3, 0.4) is 0 Å². The van der Waals surface area contributed by atoms with Crippen LogP contribution in [0.15, 0.2) is 103 Å². The Morgan fingerprint density at radius 2 is 1.54 bits per heavy atom. The number of methoxy groups -OCH3 is 1. The molecule has 0 saturated carbocycles. The Balaban J connectivity index is 1.53. The van der Waals surface area contributed by atoms with E-state index < -0.39 is 12.1 Å². The summed E-state index contributed by atoms with van der Waals surface area (Å²) in [4.78, 5) is 12.5. The van der Waals surface area contributed by atoms with E-state index in [4.69, 9.17) is 14.2 Å². The highest BCUT2D eigenvalue weighted by Gasteiger charge is 2.16. The normalized spacial score (nSPS) is 11.5. The van der Waals surface area contributed by atoms with E-state index >= 15 is 0 Å².